The van der Waals surface area contributed by atoms with Crippen molar-refractivity contribution >= 4 is 16.9 Å². The molecule has 20 heavy (non-hydrogen) atoms. The molecule has 2 aromatic heterocycles. The van der Waals surface area contributed by atoms with Crippen molar-refractivity contribution in [2.75, 3.05) is 12.3 Å². The first-order chi connectivity index (χ1) is 9.69. The van der Waals surface area contributed by atoms with Crippen molar-refractivity contribution < 1.29 is 9.13 Å². The normalized spacial score (nSPS) is 10.9. The van der Waals surface area contributed by atoms with Crippen LogP contribution >= 0.6 is 0 Å². The first kappa shape index (κ1) is 12.4. The third kappa shape index (κ3) is 2.05. The van der Waals surface area contributed by atoms with Crippen LogP contribution in [0.3, 0.4) is 0 Å². The number of benzene rings is 1. The summed E-state index contributed by atoms with van der Waals surface area (Å²) in [6.45, 7) is 2.42. The van der Waals surface area contributed by atoms with Gasteiger partial charge >= 0.3 is 0 Å². The van der Waals surface area contributed by atoms with Crippen molar-refractivity contribution in [3.63, 3.8) is 0 Å². The molecule has 0 aliphatic rings. The van der Waals surface area contributed by atoms with E-state index in [1.54, 1.807) is 18.2 Å². The maximum Gasteiger partial charge on any atom is 0.215 e. The summed E-state index contributed by atoms with van der Waals surface area (Å²) in [7, 11) is 0. The van der Waals surface area contributed by atoms with Crippen LogP contribution in [0.15, 0.2) is 30.3 Å². The second kappa shape index (κ2) is 4.80. The number of rotatable bonds is 3. The average molecular weight is 272 g/mol. The van der Waals surface area contributed by atoms with Gasteiger partial charge < -0.3 is 15.5 Å². The summed E-state index contributed by atoms with van der Waals surface area (Å²) >= 11 is 0. The van der Waals surface area contributed by atoms with Crippen molar-refractivity contribution in [1.82, 2.24) is 15.0 Å². The van der Waals surface area contributed by atoms with Crippen LogP contribution in [0, 0.1) is 5.82 Å². The molecule has 3 N–H and O–H groups in total. The third-order valence-electron chi connectivity index (χ3n) is 2.92. The van der Waals surface area contributed by atoms with Crippen LogP contribution in [-0.4, -0.2) is 21.6 Å². The van der Waals surface area contributed by atoms with Crippen molar-refractivity contribution in [1.29, 1.82) is 0 Å². The molecule has 6 heteroatoms. The average Bonchev–Trinajstić information content (AvgIpc) is 2.85. The lowest BCUT2D eigenvalue weighted by atomic mass is 10.1. The van der Waals surface area contributed by atoms with Crippen molar-refractivity contribution in [3.05, 3.63) is 36.1 Å². The number of aromatic amines is 1. The molecule has 0 aliphatic carbocycles. The highest BCUT2D eigenvalue weighted by molar-refractivity contribution is 5.80. The highest BCUT2D eigenvalue weighted by atomic mass is 19.1. The second-order valence-corrected chi connectivity index (χ2v) is 4.24. The van der Waals surface area contributed by atoms with Gasteiger partial charge in [-0.3, -0.25) is 0 Å². The molecule has 2 heterocycles. The van der Waals surface area contributed by atoms with E-state index in [9.17, 15) is 4.39 Å². The Morgan fingerprint density at radius 2 is 2.10 bits per heavy atom. The van der Waals surface area contributed by atoms with E-state index in [-0.39, 0.29) is 5.69 Å². The zero-order valence-corrected chi connectivity index (χ0v) is 10.9. The van der Waals surface area contributed by atoms with Crippen LogP contribution < -0.4 is 10.5 Å². The number of ether oxygens (including phenoxy) is 1. The summed E-state index contributed by atoms with van der Waals surface area (Å²) < 4.78 is 18.8. The van der Waals surface area contributed by atoms with E-state index < -0.39 is 5.82 Å². The van der Waals surface area contributed by atoms with Gasteiger partial charge in [0.25, 0.3) is 0 Å². The number of H-pyrrole nitrogens is 1. The molecule has 0 amide bonds. The Labute approximate surface area is 114 Å². The Bertz CT molecular complexity index is 769. The molecule has 0 spiro atoms. The van der Waals surface area contributed by atoms with Crippen LogP contribution in [0.5, 0.6) is 5.88 Å². The van der Waals surface area contributed by atoms with E-state index in [4.69, 9.17) is 10.5 Å². The lowest BCUT2D eigenvalue weighted by Gasteiger charge is -2.02. The molecule has 0 unspecified atom stereocenters. The largest absolute Gasteiger partial charge is 0.478 e. The molecule has 3 rings (SSSR count). The van der Waals surface area contributed by atoms with E-state index in [1.807, 2.05) is 13.0 Å². The van der Waals surface area contributed by atoms with E-state index >= 15 is 0 Å². The highest BCUT2D eigenvalue weighted by Crippen LogP contribution is 2.27. The SMILES string of the molecule is CCOc1ccc2[nH]c(-c3cccc(F)c3N)nc2n1. The standard InChI is InChI=1S/C14H13FN4O/c1-2-20-11-7-6-10-14(18-11)19-13(17-10)8-4-3-5-9(15)12(8)16/h3-7H,2,16H2,1H3,(H,17,18,19). The minimum atomic E-state index is -0.467. The van der Waals surface area contributed by atoms with Gasteiger partial charge in [0, 0.05) is 11.6 Å². The zero-order valence-electron chi connectivity index (χ0n) is 10.9. The number of nitrogen functional groups attached to an aromatic ring is 1. The number of pyridine rings is 1. The summed E-state index contributed by atoms with van der Waals surface area (Å²) in [6, 6.07) is 8.18. The van der Waals surface area contributed by atoms with Gasteiger partial charge in [0.05, 0.1) is 17.8 Å². The van der Waals surface area contributed by atoms with Gasteiger partial charge in [-0.2, -0.15) is 4.98 Å². The predicted molar refractivity (Wildman–Crippen MR) is 74.9 cm³/mol. The predicted octanol–water partition coefficient (Wildman–Crippen LogP) is 2.74. The molecule has 0 bridgehead atoms. The number of nitrogens with two attached hydrogens (primary N) is 1. The summed E-state index contributed by atoms with van der Waals surface area (Å²) in [5.41, 5.74) is 7.57. The van der Waals surface area contributed by atoms with Gasteiger partial charge in [-0.1, -0.05) is 6.07 Å². The molecular weight excluding hydrogens is 259 g/mol. The molecule has 1 aromatic carbocycles. The zero-order chi connectivity index (χ0) is 14.1. The minimum Gasteiger partial charge on any atom is -0.478 e. The lowest BCUT2D eigenvalue weighted by Crippen LogP contribution is -1.95. The Hall–Kier alpha value is -2.63. The molecule has 0 aliphatic heterocycles. The second-order valence-electron chi connectivity index (χ2n) is 4.24. The number of hydrogen-bond donors (Lipinski definition) is 2. The quantitative estimate of drug-likeness (QED) is 0.719. The third-order valence-corrected chi connectivity index (χ3v) is 2.92. The first-order valence-electron chi connectivity index (χ1n) is 6.23. The van der Waals surface area contributed by atoms with Gasteiger partial charge in [-0.25, -0.2) is 9.37 Å². The molecule has 0 radical (unpaired) electrons. The molecule has 0 fully saturated rings. The summed E-state index contributed by atoms with van der Waals surface area (Å²) in [5, 5.41) is 0. The Morgan fingerprint density at radius 3 is 2.90 bits per heavy atom. The summed E-state index contributed by atoms with van der Waals surface area (Å²) in [4.78, 5) is 11.7. The lowest BCUT2D eigenvalue weighted by molar-refractivity contribution is 0.328. The number of halogens is 1. The highest BCUT2D eigenvalue weighted by Gasteiger charge is 2.12. The van der Waals surface area contributed by atoms with Crippen molar-refractivity contribution in [2.24, 2.45) is 0 Å². The Balaban J connectivity index is 2.10. The monoisotopic (exact) mass is 272 g/mol. The van der Waals surface area contributed by atoms with Crippen molar-refractivity contribution in [2.45, 2.75) is 6.92 Å². The van der Waals surface area contributed by atoms with Crippen LogP contribution in [0.25, 0.3) is 22.6 Å². The minimum absolute atomic E-state index is 0.0663. The van der Waals surface area contributed by atoms with E-state index in [2.05, 4.69) is 15.0 Å². The number of para-hydroxylation sites is 1. The van der Waals surface area contributed by atoms with Gasteiger partial charge in [0.1, 0.15) is 11.6 Å². The topological polar surface area (TPSA) is 76.8 Å². The molecule has 0 atom stereocenters. The molecule has 5 nitrogen and oxygen atoms in total. The number of anilines is 1. The number of nitrogens with one attached hydrogen (secondary N) is 1. The van der Waals surface area contributed by atoms with Gasteiger partial charge in [0.15, 0.2) is 5.65 Å². The molecule has 0 saturated carbocycles. The van der Waals surface area contributed by atoms with Gasteiger partial charge in [-0.05, 0) is 25.1 Å². The van der Waals surface area contributed by atoms with Crippen LogP contribution in [0.4, 0.5) is 10.1 Å². The maximum atomic E-state index is 13.5. The number of fused-ring (bicyclic) bond motifs is 1. The van der Waals surface area contributed by atoms with E-state index in [1.165, 1.54) is 6.07 Å². The van der Waals surface area contributed by atoms with Crippen LogP contribution in [-0.2, 0) is 0 Å². The number of nitrogens with zero attached hydrogens (tertiary/aromatic N) is 2. The smallest absolute Gasteiger partial charge is 0.215 e. The summed E-state index contributed by atoms with van der Waals surface area (Å²) in [5.74, 6) is 0.523. The molecular formula is C14H13FN4O. The Morgan fingerprint density at radius 1 is 1.25 bits per heavy atom. The van der Waals surface area contributed by atoms with Gasteiger partial charge in [-0.15, -0.1) is 0 Å². The first-order valence-corrected chi connectivity index (χ1v) is 6.23. The van der Waals surface area contributed by atoms with Crippen molar-refractivity contribution in [3.8, 4) is 17.3 Å². The fourth-order valence-electron chi connectivity index (χ4n) is 1.97. The number of aromatic nitrogens is 3. The summed E-state index contributed by atoms with van der Waals surface area (Å²) in [6.07, 6.45) is 0. The maximum absolute atomic E-state index is 13.5. The van der Waals surface area contributed by atoms with E-state index in [0.29, 0.717) is 29.5 Å². The van der Waals surface area contributed by atoms with Crippen LogP contribution in [0.2, 0.25) is 0 Å². The number of hydrogen-bond acceptors (Lipinski definition) is 4. The fourth-order valence-corrected chi connectivity index (χ4v) is 1.97. The van der Waals surface area contributed by atoms with Gasteiger partial charge in [0.2, 0.25) is 5.88 Å². The fraction of sp³-hybridized carbons (Fsp3) is 0.143. The van der Waals surface area contributed by atoms with E-state index in [0.717, 1.165) is 5.52 Å². The molecule has 3 aromatic rings. The molecule has 0 saturated heterocycles. The van der Waals surface area contributed by atoms with Crippen LogP contribution in [0.1, 0.15) is 6.92 Å². The number of imidazole rings is 1. The molecule has 102 valence electrons. The Kier molecular flexibility index (Phi) is 2.98.